The lowest BCUT2D eigenvalue weighted by Gasteiger charge is -2.00. The lowest BCUT2D eigenvalue weighted by Crippen LogP contribution is -2.14. The molecule has 2 N–H and O–H groups in total. The van der Waals surface area contributed by atoms with E-state index in [0.29, 0.717) is 22.8 Å². The van der Waals surface area contributed by atoms with Crippen molar-refractivity contribution in [3.05, 3.63) is 40.5 Å². The zero-order chi connectivity index (χ0) is 14.6. The number of imidazole rings is 1. The zero-order valence-corrected chi connectivity index (χ0v) is 10.9. The van der Waals surface area contributed by atoms with Crippen LogP contribution in [0.4, 0.5) is 0 Å². The van der Waals surface area contributed by atoms with Gasteiger partial charge in [-0.2, -0.15) is 0 Å². The Hall–Kier alpha value is -2.83. The second-order valence-corrected chi connectivity index (χ2v) is 5.14. The first kappa shape index (κ1) is 12.0. The summed E-state index contributed by atoms with van der Waals surface area (Å²) in [5.74, 6) is -1.38. The van der Waals surface area contributed by atoms with E-state index in [4.69, 9.17) is 9.63 Å². The molecule has 2 aromatic heterocycles. The molecule has 0 atom stereocenters. The van der Waals surface area contributed by atoms with E-state index in [1.807, 2.05) is 6.07 Å². The van der Waals surface area contributed by atoms with Gasteiger partial charge in [-0.05, 0) is 25.0 Å². The molecule has 0 saturated heterocycles. The van der Waals surface area contributed by atoms with Crippen LogP contribution in [0, 0.1) is 0 Å². The van der Waals surface area contributed by atoms with Gasteiger partial charge in [0.2, 0.25) is 5.76 Å². The number of fused-ring (bicyclic) bond motifs is 1. The topological polar surface area (TPSA) is 101 Å². The Balaban J connectivity index is 1.83. The van der Waals surface area contributed by atoms with Crippen molar-refractivity contribution in [2.75, 3.05) is 0 Å². The Morgan fingerprint density at radius 3 is 2.86 bits per heavy atom. The third-order valence-electron chi connectivity index (χ3n) is 3.65. The predicted octanol–water partition coefficient (Wildman–Crippen LogP) is 2.02. The molecular formula is C14H11N3O4. The minimum atomic E-state index is -1.16. The molecule has 0 radical (unpaired) electrons. The van der Waals surface area contributed by atoms with E-state index in [9.17, 15) is 9.59 Å². The minimum absolute atomic E-state index is 0.115. The van der Waals surface area contributed by atoms with Gasteiger partial charge >= 0.3 is 11.7 Å². The van der Waals surface area contributed by atoms with Crippen LogP contribution in [0.3, 0.4) is 0 Å². The summed E-state index contributed by atoms with van der Waals surface area (Å²) < 4.78 is 6.51. The Morgan fingerprint density at radius 1 is 1.38 bits per heavy atom. The molecule has 1 saturated carbocycles. The van der Waals surface area contributed by atoms with Gasteiger partial charge in [-0.1, -0.05) is 11.2 Å². The first-order chi connectivity index (χ1) is 10.1. The van der Waals surface area contributed by atoms with Crippen LogP contribution in [0.5, 0.6) is 0 Å². The van der Waals surface area contributed by atoms with E-state index < -0.39 is 5.97 Å². The standard InChI is InChI=1S/C14H11N3O4/c18-13(19)12-6-9(16-21-12)7-1-4-11-10(5-7)15-14(20)17(11)8-2-3-8/h1,4-6,8H,2-3H2,(H,15,20)(H,18,19). The van der Waals surface area contributed by atoms with Crippen LogP contribution in [0.2, 0.25) is 0 Å². The second kappa shape index (κ2) is 4.08. The maximum absolute atomic E-state index is 12.0. The van der Waals surface area contributed by atoms with Gasteiger partial charge in [0.05, 0.1) is 11.0 Å². The zero-order valence-electron chi connectivity index (χ0n) is 10.9. The van der Waals surface area contributed by atoms with Crippen LogP contribution >= 0.6 is 0 Å². The van der Waals surface area contributed by atoms with Crippen LogP contribution < -0.4 is 5.69 Å². The van der Waals surface area contributed by atoms with Crippen molar-refractivity contribution in [3.63, 3.8) is 0 Å². The van der Waals surface area contributed by atoms with Crippen molar-refractivity contribution in [1.82, 2.24) is 14.7 Å². The summed E-state index contributed by atoms with van der Waals surface area (Å²) >= 11 is 0. The summed E-state index contributed by atoms with van der Waals surface area (Å²) in [6.07, 6.45) is 2.06. The SMILES string of the molecule is O=C(O)c1cc(-c2ccc3c(c2)[nH]c(=O)n3C2CC2)no1. The molecular weight excluding hydrogens is 274 g/mol. The number of hydrogen-bond donors (Lipinski definition) is 2. The van der Waals surface area contributed by atoms with E-state index >= 15 is 0 Å². The van der Waals surface area contributed by atoms with Gasteiger partial charge in [0.25, 0.3) is 0 Å². The Kier molecular flexibility index (Phi) is 2.32. The largest absolute Gasteiger partial charge is 0.475 e. The summed E-state index contributed by atoms with van der Waals surface area (Å²) in [6.45, 7) is 0. The highest BCUT2D eigenvalue weighted by molar-refractivity contribution is 5.87. The van der Waals surface area contributed by atoms with Crippen LogP contribution in [0.1, 0.15) is 29.4 Å². The van der Waals surface area contributed by atoms with Crippen LogP contribution in [-0.2, 0) is 0 Å². The van der Waals surface area contributed by atoms with Crippen molar-refractivity contribution >= 4 is 17.0 Å². The Labute approximate surface area is 117 Å². The number of aromatic amines is 1. The van der Waals surface area contributed by atoms with Gasteiger partial charge in [-0.3, -0.25) is 4.57 Å². The number of nitrogens with one attached hydrogen (secondary N) is 1. The highest BCUT2D eigenvalue weighted by Crippen LogP contribution is 2.36. The summed E-state index contributed by atoms with van der Waals surface area (Å²) in [4.78, 5) is 25.6. The number of nitrogens with zero attached hydrogens (tertiary/aromatic N) is 2. The van der Waals surface area contributed by atoms with E-state index in [1.54, 1.807) is 16.7 Å². The minimum Gasteiger partial charge on any atom is -0.475 e. The molecule has 106 valence electrons. The number of aromatic nitrogens is 3. The third kappa shape index (κ3) is 1.85. The molecule has 1 fully saturated rings. The molecule has 3 aromatic rings. The average Bonchev–Trinajstić information content (AvgIpc) is 3.05. The molecule has 7 heteroatoms. The maximum atomic E-state index is 12.0. The smallest absolute Gasteiger partial charge is 0.374 e. The molecule has 4 rings (SSSR count). The van der Waals surface area contributed by atoms with Gasteiger partial charge in [0.1, 0.15) is 5.69 Å². The molecule has 21 heavy (non-hydrogen) atoms. The average molecular weight is 285 g/mol. The normalized spacial score (nSPS) is 14.7. The number of benzene rings is 1. The van der Waals surface area contributed by atoms with E-state index in [2.05, 4.69) is 10.1 Å². The fraction of sp³-hybridized carbons (Fsp3) is 0.214. The number of hydrogen-bond acceptors (Lipinski definition) is 4. The lowest BCUT2D eigenvalue weighted by molar-refractivity contribution is 0.0652. The molecule has 0 amide bonds. The molecule has 0 bridgehead atoms. The summed E-state index contributed by atoms with van der Waals surface area (Å²) in [6, 6.07) is 7.08. The highest BCUT2D eigenvalue weighted by Gasteiger charge is 2.27. The van der Waals surface area contributed by atoms with E-state index in [1.165, 1.54) is 6.07 Å². The monoisotopic (exact) mass is 285 g/mol. The molecule has 1 aromatic carbocycles. The summed E-state index contributed by atoms with van der Waals surface area (Å²) in [7, 11) is 0. The number of carbonyl (C=O) groups is 1. The molecule has 1 aliphatic carbocycles. The fourth-order valence-electron chi connectivity index (χ4n) is 2.50. The van der Waals surface area contributed by atoms with Gasteiger partial charge in [0.15, 0.2) is 0 Å². The van der Waals surface area contributed by atoms with Crippen molar-refractivity contribution in [2.24, 2.45) is 0 Å². The molecule has 7 nitrogen and oxygen atoms in total. The van der Waals surface area contributed by atoms with Crippen LogP contribution in [-0.4, -0.2) is 25.8 Å². The van der Waals surface area contributed by atoms with Gasteiger partial charge in [-0.25, -0.2) is 9.59 Å². The summed E-state index contributed by atoms with van der Waals surface area (Å²) in [5.41, 5.74) is 2.57. The molecule has 0 aliphatic heterocycles. The molecule has 1 aliphatic rings. The third-order valence-corrected chi connectivity index (χ3v) is 3.65. The first-order valence-corrected chi connectivity index (χ1v) is 6.58. The number of aromatic carboxylic acids is 1. The second-order valence-electron chi connectivity index (χ2n) is 5.14. The van der Waals surface area contributed by atoms with E-state index in [-0.39, 0.29) is 11.4 Å². The van der Waals surface area contributed by atoms with E-state index in [0.717, 1.165) is 18.4 Å². The van der Waals surface area contributed by atoms with Gasteiger partial charge in [0, 0.05) is 17.7 Å². The Bertz CT molecular complexity index is 914. The van der Waals surface area contributed by atoms with Gasteiger partial charge in [-0.15, -0.1) is 0 Å². The first-order valence-electron chi connectivity index (χ1n) is 6.58. The van der Waals surface area contributed by atoms with Crippen LogP contribution in [0.25, 0.3) is 22.3 Å². The fourth-order valence-corrected chi connectivity index (χ4v) is 2.50. The molecule has 0 spiro atoms. The maximum Gasteiger partial charge on any atom is 0.374 e. The highest BCUT2D eigenvalue weighted by atomic mass is 16.5. The van der Waals surface area contributed by atoms with Crippen molar-refractivity contribution in [1.29, 1.82) is 0 Å². The summed E-state index contributed by atoms with van der Waals surface area (Å²) in [5, 5.41) is 12.6. The number of rotatable bonds is 3. The van der Waals surface area contributed by atoms with Crippen molar-refractivity contribution in [2.45, 2.75) is 18.9 Å². The van der Waals surface area contributed by atoms with Crippen molar-refractivity contribution < 1.29 is 14.4 Å². The lowest BCUT2D eigenvalue weighted by atomic mass is 10.1. The quantitative estimate of drug-likeness (QED) is 0.766. The molecule has 2 heterocycles. The van der Waals surface area contributed by atoms with Gasteiger partial charge < -0.3 is 14.6 Å². The number of carboxylic acid groups (broad SMARTS) is 1. The predicted molar refractivity (Wildman–Crippen MR) is 73.3 cm³/mol. The van der Waals surface area contributed by atoms with Crippen molar-refractivity contribution in [3.8, 4) is 11.3 Å². The Morgan fingerprint density at radius 2 is 2.19 bits per heavy atom. The number of H-pyrrole nitrogens is 1. The van der Waals surface area contributed by atoms with Crippen LogP contribution in [0.15, 0.2) is 33.6 Å². The molecule has 0 unspecified atom stereocenters. The number of carboxylic acids is 1.